The number of rotatable bonds is 1. The minimum atomic E-state index is -0.0255. The van der Waals surface area contributed by atoms with Gasteiger partial charge in [0.05, 0.1) is 10.7 Å². The lowest BCUT2D eigenvalue weighted by atomic mass is 10.0. The fourth-order valence-corrected chi connectivity index (χ4v) is 2.93. The Morgan fingerprint density at radius 3 is 2.83 bits per heavy atom. The van der Waals surface area contributed by atoms with Crippen molar-refractivity contribution >= 4 is 23.3 Å². The van der Waals surface area contributed by atoms with Gasteiger partial charge in [0.1, 0.15) is 0 Å². The third kappa shape index (κ3) is 2.06. The Balaban J connectivity index is 1.85. The normalized spacial score (nSPS) is 20.5. The Labute approximate surface area is 111 Å². The number of nitrogens with one attached hydrogen (secondary N) is 2. The predicted octanol–water partition coefficient (Wildman–Crippen LogP) is 2.44. The van der Waals surface area contributed by atoms with Crippen LogP contribution in [0.25, 0.3) is 0 Å². The van der Waals surface area contributed by atoms with Gasteiger partial charge in [-0.3, -0.25) is 0 Å². The molecule has 1 aromatic carbocycles. The molecule has 1 aromatic rings. The molecule has 0 saturated carbocycles. The van der Waals surface area contributed by atoms with Crippen LogP contribution in [0, 0.1) is 0 Å². The number of carbonyl (C=O) groups excluding carboxylic acids is 1. The van der Waals surface area contributed by atoms with Gasteiger partial charge in [-0.2, -0.15) is 0 Å². The molecule has 96 valence electrons. The summed E-state index contributed by atoms with van der Waals surface area (Å²) in [5, 5.41) is 6.84. The first-order valence-electron chi connectivity index (χ1n) is 6.31. The van der Waals surface area contributed by atoms with Crippen molar-refractivity contribution < 1.29 is 4.79 Å². The first-order chi connectivity index (χ1) is 8.75. The molecule has 0 aliphatic carbocycles. The highest BCUT2D eigenvalue weighted by Gasteiger charge is 2.30. The molecule has 5 heteroatoms. The Hall–Kier alpha value is -1.26. The second-order valence-electron chi connectivity index (χ2n) is 4.81. The number of fused-ring (bicyclic) bond motifs is 1. The predicted molar refractivity (Wildman–Crippen MR) is 71.9 cm³/mol. The third-order valence-corrected chi connectivity index (χ3v) is 4.00. The van der Waals surface area contributed by atoms with E-state index in [-0.39, 0.29) is 6.03 Å². The number of benzene rings is 1. The van der Waals surface area contributed by atoms with Crippen molar-refractivity contribution in [1.29, 1.82) is 0 Å². The topological polar surface area (TPSA) is 44.4 Å². The fraction of sp³-hybridized carbons (Fsp3) is 0.462. The number of anilines is 1. The smallest absolute Gasteiger partial charge is 0.317 e. The van der Waals surface area contributed by atoms with E-state index in [1.54, 1.807) is 6.07 Å². The zero-order valence-corrected chi connectivity index (χ0v) is 10.8. The zero-order valence-electron chi connectivity index (χ0n) is 10.1. The molecule has 0 unspecified atom stereocenters. The molecule has 0 bridgehead atoms. The number of carbonyl (C=O) groups is 1. The van der Waals surface area contributed by atoms with Gasteiger partial charge in [-0.25, -0.2) is 4.79 Å². The molecule has 3 rings (SSSR count). The van der Waals surface area contributed by atoms with Crippen molar-refractivity contribution in [1.82, 2.24) is 10.2 Å². The van der Waals surface area contributed by atoms with Crippen LogP contribution in [0.4, 0.5) is 10.5 Å². The first-order valence-corrected chi connectivity index (χ1v) is 6.69. The summed E-state index contributed by atoms with van der Waals surface area (Å²) in [6.07, 6.45) is 2.03. The van der Waals surface area contributed by atoms with Crippen molar-refractivity contribution in [3.05, 3.63) is 28.8 Å². The van der Waals surface area contributed by atoms with Crippen LogP contribution < -0.4 is 10.6 Å². The number of halogens is 1. The van der Waals surface area contributed by atoms with Gasteiger partial charge in [0.15, 0.2) is 0 Å². The van der Waals surface area contributed by atoms with Crippen molar-refractivity contribution in [2.24, 2.45) is 0 Å². The van der Waals surface area contributed by atoms with Gasteiger partial charge in [-0.15, -0.1) is 0 Å². The van der Waals surface area contributed by atoms with E-state index in [4.69, 9.17) is 11.6 Å². The molecule has 0 radical (unpaired) electrons. The Morgan fingerprint density at radius 1 is 1.28 bits per heavy atom. The average Bonchev–Trinajstić information content (AvgIpc) is 2.40. The van der Waals surface area contributed by atoms with Crippen LogP contribution in [-0.2, 0) is 6.54 Å². The summed E-state index contributed by atoms with van der Waals surface area (Å²) in [5.74, 6) is 0. The summed E-state index contributed by atoms with van der Waals surface area (Å²) in [6.45, 7) is 2.63. The number of para-hydroxylation sites is 1. The molecule has 0 atom stereocenters. The molecule has 1 saturated heterocycles. The standard InChI is InChI=1S/C13H16ClN3O/c14-11-3-1-2-9-8-17(13(18)16-12(9)11)10-4-6-15-7-5-10/h1-3,10,15H,4-8H2,(H,16,18). The molecule has 2 aliphatic rings. The lowest BCUT2D eigenvalue weighted by Crippen LogP contribution is -2.49. The van der Waals surface area contributed by atoms with Crippen LogP contribution in [0.2, 0.25) is 5.02 Å². The summed E-state index contributed by atoms with van der Waals surface area (Å²) in [6, 6.07) is 6.07. The first kappa shape index (κ1) is 11.8. The summed E-state index contributed by atoms with van der Waals surface area (Å²) >= 11 is 6.10. The van der Waals surface area contributed by atoms with Crippen molar-refractivity contribution in [3.63, 3.8) is 0 Å². The lowest BCUT2D eigenvalue weighted by Gasteiger charge is -2.38. The quantitative estimate of drug-likeness (QED) is 0.819. The van der Waals surface area contributed by atoms with Gasteiger partial charge < -0.3 is 15.5 Å². The number of amides is 2. The van der Waals surface area contributed by atoms with Crippen molar-refractivity contribution in [2.75, 3.05) is 18.4 Å². The SMILES string of the molecule is O=C1Nc2c(Cl)cccc2CN1C1CCNCC1. The Bertz CT molecular complexity index is 471. The van der Waals surface area contributed by atoms with E-state index in [0.717, 1.165) is 37.2 Å². The molecule has 18 heavy (non-hydrogen) atoms. The van der Waals surface area contributed by atoms with Crippen molar-refractivity contribution in [3.8, 4) is 0 Å². The van der Waals surface area contributed by atoms with E-state index < -0.39 is 0 Å². The van der Waals surface area contributed by atoms with Gasteiger partial charge in [0.2, 0.25) is 0 Å². The Kier molecular flexibility index (Phi) is 3.14. The summed E-state index contributed by atoms with van der Waals surface area (Å²) < 4.78 is 0. The molecule has 0 spiro atoms. The van der Waals surface area contributed by atoms with Crippen LogP contribution in [0.3, 0.4) is 0 Å². The minimum absolute atomic E-state index is 0.0255. The second kappa shape index (κ2) is 4.78. The van der Waals surface area contributed by atoms with E-state index in [2.05, 4.69) is 10.6 Å². The van der Waals surface area contributed by atoms with Gasteiger partial charge in [-0.05, 0) is 37.6 Å². The average molecular weight is 266 g/mol. The molecular formula is C13H16ClN3O. The minimum Gasteiger partial charge on any atom is -0.317 e. The Morgan fingerprint density at radius 2 is 2.06 bits per heavy atom. The third-order valence-electron chi connectivity index (χ3n) is 3.68. The molecule has 4 nitrogen and oxygen atoms in total. The van der Waals surface area contributed by atoms with E-state index in [1.807, 2.05) is 17.0 Å². The van der Waals surface area contributed by atoms with Crippen molar-refractivity contribution in [2.45, 2.75) is 25.4 Å². The maximum Gasteiger partial charge on any atom is 0.322 e. The maximum absolute atomic E-state index is 12.1. The monoisotopic (exact) mass is 265 g/mol. The van der Waals surface area contributed by atoms with Crippen LogP contribution in [0.15, 0.2) is 18.2 Å². The molecule has 0 aromatic heterocycles. The number of hydrogen-bond donors (Lipinski definition) is 2. The van der Waals surface area contributed by atoms with Gasteiger partial charge in [-0.1, -0.05) is 23.7 Å². The highest BCUT2D eigenvalue weighted by molar-refractivity contribution is 6.34. The fourth-order valence-electron chi connectivity index (χ4n) is 2.69. The van der Waals surface area contributed by atoms with Gasteiger partial charge >= 0.3 is 6.03 Å². The highest BCUT2D eigenvalue weighted by Crippen LogP contribution is 2.32. The van der Waals surface area contributed by atoms with E-state index in [9.17, 15) is 4.79 Å². The summed E-state index contributed by atoms with van der Waals surface area (Å²) in [7, 11) is 0. The van der Waals surface area contributed by atoms with E-state index in [1.165, 1.54) is 0 Å². The molecule has 2 heterocycles. The van der Waals surface area contributed by atoms with Gasteiger partial charge in [0.25, 0.3) is 0 Å². The van der Waals surface area contributed by atoms with E-state index in [0.29, 0.717) is 17.6 Å². The van der Waals surface area contributed by atoms with Gasteiger partial charge in [0, 0.05) is 12.6 Å². The van der Waals surface area contributed by atoms with Crippen LogP contribution in [0.5, 0.6) is 0 Å². The maximum atomic E-state index is 12.1. The number of hydrogen-bond acceptors (Lipinski definition) is 2. The molecule has 1 fully saturated rings. The molecule has 2 amide bonds. The van der Waals surface area contributed by atoms with E-state index >= 15 is 0 Å². The molecular weight excluding hydrogens is 250 g/mol. The van der Waals surface area contributed by atoms with Crippen LogP contribution >= 0.6 is 11.6 Å². The number of nitrogens with zero attached hydrogens (tertiary/aromatic N) is 1. The summed E-state index contributed by atoms with van der Waals surface area (Å²) in [5.41, 5.74) is 1.87. The number of piperidine rings is 1. The molecule has 2 N–H and O–H groups in total. The highest BCUT2D eigenvalue weighted by atomic mass is 35.5. The lowest BCUT2D eigenvalue weighted by molar-refractivity contribution is 0.163. The molecule has 2 aliphatic heterocycles. The van der Waals surface area contributed by atoms with Crippen LogP contribution in [-0.4, -0.2) is 30.1 Å². The van der Waals surface area contributed by atoms with Crippen LogP contribution in [0.1, 0.15) is 18.4 Å². The largest absolute Gasteiger partial charge is 0.322 e. The summed E-state index contributed by atoms with van der Waals surface area (Å²) in [4.78, 5) is 14.1. The second-order valence-corrected chi connectivity index (χ2v) is 5.22. The number of urea groups is 1. The zero-order chi connectivity index (χ0) is 12.5.